The van der Waals surface area contributed by atoms with E-state index in [9.17, 15) is 18.0 Å². The van der Waals surface area contributed by atoms with Gasteiger partial charge in [0.1, 0.15) is 11.6 Å². The summed E-state index contributed by atoms with van der Waals surface area (Å²) in [4.78, 5) is 13.2. The van der Waals surface area contributed by atoms with Crippen LogP contribution >= 0.6 is 0 Å². The molecule has 1 aromatic rings. The van der Waals surface area contributed by atoms with E-state index in [1.54, 1.807) is 0 Å². The number of H-pyrrole nitrogens is 1. The van der Waals surface area contributed by atoms with Gasteiger partial charge >= 0.3 is 6.36 Å². The first-order valence-corrected chi connectivity index (χ1v) is 3.81. The number of anilines is 1. The first-order valence-electron chi connectivity index (χ1n) is 3.81. The summed E-state index contributed by atoms with van der Waals surface area (Å²) in [5.41, 5.74) is 9.17. The summed E-state index contributed by atoms with van der Waals surface area (Å²) in [6.07, 6.45) is -4.88. The summed E-state index contributed by atoms with van der Waals surface area (Å²) in [5.74, 6) is -0.900. The lowest BCUT2D eigenvalue weighted by Crippen LogP contribution is -2.24. The minimum absolute atomic E-state index is 0.226. The Bertz CT molecular complexity index is 413. The largest absolute Gasteiger partial charge is 0.573 e. The summed E-state index contributed by atoms with van der Waals surface area (Å²) >= 11 is 0. The fourth-order valence-corrected chi connectivity index (χ4v) is 0.992. The molecule has 0 saturated carbocycles. The first-order chi connectivity index (χ1) is 6.83. The molecule has 8 heteroatoms. The highest BCUT2D eigenvalue weighted by atomic mass is 19.4. The van der Waals surface area contributed by atoms with Gasteiger partial charge < -0.3 is 21.2 Å². The normalized spacial score (nSPS) is 11.5. The number of aromatic nitrogens is 1. The number of ether oxygens (including phenoxy) is 1. The molecule has 0 saturated heterocycles. The van der Waals surface area contributed by atoms with Crippen molar-refractivity contribution in [1.29, 1.82) is 0 Å². The van der Waals surface area contributed by atoms with Crippen molar-refractivity contribution in [1.82, 2.24) is 4.98 Å². The third-order valence-corrected chi connectivity index (χ3v) is 1.55. The lowest BCUT2D eigenvalue weighted by Gasteiger charge is -2.11. The van der Waals surface area contributed by atoms with Gasteiger partial charge in [0.15, 0.2) is 0 Å². The van der Waals surface area contributed by atoms with E-state index in [1.165, 1.54) is 0 Å². The molecule has 0 atom stereocenters. The average Bonchev–Trinajstić information content (AvgIpc) is 1.99. The summed E-state index contributed by atoms with van der Waals surface area (Å²) in [5, 5.41) is 0. The molecule has 1 rings (SSSR count). The predicted octanol–water partition coefficient (Wildman–Crippen LogP) is 0.314. The molecule has 0 radical (unpaired) electrons. The number of pyridine rings is 1. The second kappa shape index (κ2) is 3.81. The van der Waals surface area contributed by atoms with Crippen LogP contribution in [-0.4, -0.2) is 11.3 Å². The van der Waals surface area contributed by atoms with Gasteiger partial charge in [-0.3, -0.25) is 4.79 Å². The molecule has 0 aliphatic carbocycles. The molecule has 0 aromatic carbocycles. The third-order valence-electron chi connectivity index (χ3n) is 1.55. The van der Waals surface area contributed by atoms with E-state index in [1.807, 2.05) is 0 Å². The van der Waals surface area contributed by atoms with Crippen LogP contribution in [0.15, 0.2) is 10.9 Å². The number of aromatic amines is 1. The molecular weight excluding hydrogens is 215 g/mol. The lowest BCUT2D eigenvalue weighted by molar-refractivity contribution is -0.274. The quantitative estimate of drug-likeness (QED) is 0.672. The van der Waals surface area contributed by atoms with Crippen LogP contribution in [0, 0.1) is 0 Å². The maximum atomic E-state index is 11.9. The molecule has 5 N–H and O–H groups in total. The van der Waals surface area contributed by atoms with Crippen molar-refractivity contribution in [3.05, 3.63) is 22.0 Å². The van der Waals surface area contributed by atoms with Gasteiger partial charge in [-0.2, -0.15) is 0 Å². The molecule has 0 spiro atoms. The average molecular weight is 223 g/mol. The number of nitrogens with one attached hydrogen (secondary N) is 1. The minimum Gasteiger partial charge on any atom is -0.405 e. The maximum Gasteiger partial charge on any atom is 0.573 e. The second-order valence-corrected chi connectivity index (χ2v) is 2.65. The fraction of sp³-hybridized carbons (Fsp3) is 0.286. The topological polar surface area (TPSA) is 94.1 Å². The molecule has 0 bridgehead atoms. The number of halogens is 3. The van der Waals surface area contributed by atoms with Crippen LogP contribution in [0.3, 0.4) is 0 Å². The van der Waals surface area contributed by atoms with Crippen LogP contribution in [0.1, 0.15) is 5.56 Å². The van der Waals surface area contributed by atoms with E-state index in [-0.39, 0.29) is 17.9 Å². The molecule has 5 nitrogen and oxygen atoms in total. The SMILES string of the molecule is NCc1c(OC(F)(F)F)cc(N)[nH]c1=O. The second-order valence-electron chi connectivity index (χ2n) is 2.65. The van der Waals surface area contributed by atoms with Crippen LogP contribution in [0.4, 0.5) is 19.0 Å². The molecule has 1 heterocycles. The van der Waals surface area contributed by atoms with Gasteiger partial charge in [-0.25, -0.2) is 0 Å². The number of hydrogen-bond acceptors (Lipinski definition) is 4. The van der Waals surface area contributed by atoms with Crippen molar-refractivity contribution in [3.63, 3.8) is 0 Å². The summed E-state index contributed by atoms with van der Waals surface area (Å²) < 4.78 is 39.3. The number of hydrogen-bond donors (Lipinski definition) is 3. The van der Waals surface area contributed by atoms with Crippen molar-refractivity contribution in [3.8, 4) is 5.75 Å². The highest BCUT2D eigenvalue weighted by Gasteiger charge is 2.32. The zero-order chi connectivity index (χ0) is 11.6. The predicted molar refractivity (Wildman–Crippen MR) is 46.0 cm³/mol. The molecular formula is C7H8F3N3O2. The number of nitrogens with two attached hydrogens (primary N) is 2. The van der Waals surface area contributed by atoms with Crippen molar-refractivity contribution in [2.75, 3.05) is 5.73 Å². The smallest absolute Gasteiger partial charge is 0.405 e. The number of rotatable bonds is 2. The third kappa shape index (κ3) is 2.88. The van der Waals surface area contributed by atoms with Crippen LogP contribution in [0.5, 0.6) is 5.75 Å². The molecule has 15 heavy (non-hydrogen) atoms. The molecule has 0 unspecified atom stereocenters. The lowest BCUT2D eigenvalue weighted by atomic mass is 10.2. The Balaban J connectivity index is 3.21. The number of nitrogen functional groups attached to an aromatic ring is 1. The van der Waals surface area contributed by atoms with E-state index in [2.05, 4.69) is 9.72 Å². The van der Waals surface area contributed by atoms with Gasteiger partial charge in [0.2, 0.25) is 0 Å². The first kappa shape index (κ1) is 11.4. The Morgan fingerprint density at radius 2 is 2.07 bits per heavy atom. The number of alkyl halides is 3. The Kier molecular flexibility index (Phi) is 2.89. The van der Waals surface area contributed by atoms with Gasteiger partial charge in [-0.15, -0.1) is 13.2 Å². The van der Waals surface area contributed by atoms with Crippen molar-refractivity contribution in [2.24, 2.45) is 5.73 Å². The van der Waals surface area contributed by atoms with E-state index >= 15 is 0 Å². The van der Waals surface area contributed by atoms with E-state index in [4.69, 9.17) is 11.5 Å². The van der Waals surface area contributed by atoms with Gasteiger partial charge in [0.25, 0.3) is 5.56 Å². The molecule has 0 aliphatic rings. The maximum absolute atomic E-state index is 11.9. The molecule has 0 amide bonds. The zero-order valence-corrected chi connectivity index (χ0v) is 7.39. The van der Waals surface area contributed by atoms with Crippen LogP contribution < -0.4 is 21.8 Å². The molecule has 0 fully saturated rings. The zero-order valence-electron chi connectivity index (χ0n) is 7.39. The summed E-state index contributed by atoms with van der Waals surface area (Å²) in [6.45, 7) is -0.374. The summed E-state index contributed by atoms with van der Waals surface area (Å²) in [7, 11) is 0. The molecule has 1 aromatic heterocycles. The van der Waals surface area contributed by atoms with Gasteiger partial charge in [0, 0.05) is 12.6 Å². The van der Waals surface area contributed by atoms with E-state index in [0.717, 1.165) is 6.07 Å². The van der Waals surface area contributed by atoms with Gasteiger partial charge in [-0.05, 0) is 0 Å². The highest BCUT2D eigenvalue weighted by Crippen LogP contribution is 2.25. The van der Waals surface area contributed by atoms with Crippen LogP contribution in [0.2, 0.25) is 0 Å². The monoisotopic (exact) mass is 223 g/mol. The van der Waals surface area contributed by atoms with Gasteiger partial charge in [-0.1, -0.05) is 0 Å². The molecule has 84 valence electrons. The highest BCUT2D eigenvalue weighted by molar-refractivity contribution is 5.41. The van der Waals surface area contributed by atoms with Crippen molar-refractivity contribution >= 4 is 5.82 Å². The van der Waals surface area contributed by atoms with Gasteiger partial charge in [0.05, 0.1) is 5.56 Å². The Hall–Kier alpha value is -1.70. The van der Waals surface area contributed by atoms with Crippen LogP contribution in [0.25, 0.3) is 0 Å². The molecule has 0 aliphatic heterocycles. The van der Waals surface area contributed by atoms with E-state index < -0.39 is 17.7 Å². The standard InChI is InChI=1S/C7H8F3N3O2/c8-7(9,10)15-4-1-5(12)13-6(14)3(4)2-11/h1H,2,11H2,(H3,12,13,14). The van der Waals surface area contributed by atoms with E-state index in [0.29, 0.717) is 0 Å². The van der Waals surface area contributed by atoms with Crippen molar-refractivity contribution < 1.29 is 17.9 Å². The van der Waals surface area contributed by atoms with Crippen molar-refractivity contribution in [2.45, 2.75) is 12.9 Å². The Labute approximate surface area is 81.8 Å². The Morgan fingerprint density at radius 3 is 2.53 bits per heavy atom. The fourth-order valence-electron chi connectivity index (χ4n) is 0.992. The van der Waals surface area contributed by atoms with Crippen LogP contribution in [-0.2, 0) is 6.54 Å². The summed E-state index contributed by atoms with van der Waals surface area (Å²) in [6, 6.07) is 0.858. The Morgan fingerprint density at radius 1 is 1.47 bits per heavy atom. The minimum atomic E-state index is -4.88.